The van der Waals surface area contributed by atoms with Crippen LogP contribution in [-0.4, -0.2) is 35.5 Å². The second-order valence-electron chi connectivity index (χ2n) is 5.38. The van der Waals surface area contributed by atoms with Gasteiger partial charge in [0.05, 0.1) is 11.9 Å². The minimum Gasteiger partial charge on any atom is -0.371 e. The molecule has 0 atom stereocenters. The van der Waals surface area contributed by atoms with Crippen LogP contribution in [0.2, 0.25) is 0 Å². The predicted octanol–water partition coefficient (Wildman–Crippen LogP) is 1.62. The molecular weight excluding hydrogens is 252 g/mol. The second kappa shape index (κ2) is 7.43. The Morgan fingerprint density at radius 3 is 2.70 bits per heavy atom. The summed E-state index contributed by atoms with van der Waals surface area (Å²) >= 11 is 0. The molecule has 0 saturated heterocycles. The van der Waals surface area contributed by atoms with Crippen molar-refractivity contribution >= 4 is 5.69 Å². The van der Waals surface area contributed by atoms with Crippen molar-refractivity contribution in [3.8, 4) is 0 Å². The largest absolute Gasteiger partial charge is 0.371 e. The minimum atomic E-state index is 0.00421. The van der Waals surface area contributed by atoms with Gasteiger partial charge in [0, 0.05) is 31.7 Å². The zero-order valence-corrected chi connectivity index (χ0v) is 12.6. The highest BCUT2D eigenvalue weighted by molar-refractivity contribution is 5.42. The molecule has 0 unspecified atom stereocenters. The van der Waals surface area contributed by atoms with Crippen LogP contribution in [0.15, 0.2) is 17.1 Å². The zero-order chi connectivity index (χ0) is 14.4. The predicted molar refractivity (Wildman–Crippen MR) is 82.3 cm³/mol. The van der Waals surface area contributed by atoms with Gasteiger partial charge in [-0.1, -0.05) is 0 Å². The van der Waals surface area contributed by atoms with Crippen molar-refractivity contribution < 1.29 is 0 Å². The van der Waals surface area contributed by atoms with E-state index in [0.717, 1.165) is 44.2 Å². The summed E-state index contributed by atoms with van der Waals surface area (Å²) in [6, 6.07) is 2.46. The van der Waals surface area contributed by atoms with E-state index in [-0.39, 0.29) is 5.56 Å². The number of aromatic nitrogens is 2. The van der Waals surface area contributed by atoms with Crippen LogP contribution >= 0.6 is 0 Å². The Morgan fingerprint density at radius 1 is 1.35 bits per heavy atom. The van der Waals surface area contributed by atoms with Crippen molar-refractivity contribution in [3.05, 3.63) is 22.6 Å². The van der Waals surface area contributed by atoms with Gasteiger partial charge in [0.2, 0.25) is 0 Å². The number of hydrogen-bond acceptors (Lipinski definition) is 4. The zero-order valence-electron chi connectivity index (χ0n) is 12.6. The Morgan fingerprint density at radius 2 is 2.10 bits per heavy atom. The summed E-state index contributed by atoms with van der Waals surface area (Å²) in [5, 5.41) is 7.76. The Balaban J connectivity index is 1.80. The van der Waals surface area contributed by atoms with Gasteiger partial charge in [-0.25, -0.2) is 4.68 Å². The van der Waals surface area contributed by atoms with Crippen LogP contribution in [0.1, 0.15) is 39.5 Å². The monoisotopic (exact) mass is 278 g/mol. The highest BCUT2D eigenvalue weighted by Crippen LogP contribution is 2.18. The van der Waals surface area contributed by atoms with E-state index in [9.17, 15) is 4.79 Å². The molecule has 0 amide bonds. The Kier molecular flexibility index (Phi) is 5.59. The molecule has 1 heterocycles. The van der Waals surface area contributed by atoms with Crippen LogP contribution in [-0.2, 0) is 6.54 Å². The van der Waals surface area contributed by atoms with E-state index >= 15 is 0 Å². The summed E-state index contributed by atoms with van der Waals surface area (Å²) in [5.41, 5.74) is 0.927. The molecule has 1 aromatic heterocycles. The van der Waals surface area contributed by atoms with Gasteiger partial charge in [-0.2, -0.15) is 5.10 Å². The summed E-state index contributed by atoms with van der Waals surface area (Å²) in [6.07, 6.45) is 6.55. The highest BCUT2D eigenvalue weighted by Gasteiger charge is 2.19. The fourth-order valence-corrected chi connectivity index (χ4v) is 2.33. The van der Waals surface area contributed by atoms with Gasteiger partial charge >= 0.3 is 0 Å². The summed E-state index contributed by atoms with van der Waals surface area (Å²) < 4.78 is 1.57. The first kappa shape index (κ1) is 15.0. The first-order valence-corrected chi connectivity index (χ1v) is 7.80. The lowest BCUT2D eigenvalue weighted by Gasteiger charge is -2.20. The van der Waals surface area contributed by atoms with Crippen LogP contribution in [0.3, 0.4) is 0 Å². The number of aryl methyl sites for hydroxylation is 1. The summed E-state index contributed by atoms with van der Waals surface area (Å²) in [5.74, 6) is 0. The quantitative estimate of drug-likeness (QED) is 0.697. The molecule has 1 aromatic rings. The van der Waals surface area contributed by atoms with Crippen LogP contribution in [0, 0.1) is 0 Å². The fourth-order valence-electron chi connectivity index (χ4n) is 2.33. The Labute approximate surface area is 121 Å². The number of anilines is 1. The number of unbranched alkanes of at least 4 members (excludes halogenated alkanes) is 1. The van der Waals surface area contributed by atoms with Crippen molar-refractivity contribution in [2.45, 2.75) is 52.1 Å². The molecule has 1 N–H and O–H groups in total. The number of rotatable bonds is 9. The molecule has 2 rings (SSSR count). The van der Waals surface area contributed by atoms with Crippen LogP contribution in [0.25, 0.3) is 0 Å². The first-order valence-electron chi connectivity index (χ1n) is 7.80. The van der Waals surface area contributed by atoms with E-state index in [1.54, 1.807) is 16.9 Å². The number of nitrogens with zero attached hydrogens (tertiary/aromatic N) is 3. The van der Waals surface area contributed by atoms with Gasteiger partial charge in [-0.15, -0.1) is 0 Å². The van der Waals surface area contributed by atoms with Gasteiger partial charge < -0.3 is 10.2 Å². The van der Waals surface area contributed by atoms with E-state index in [0.29, 0.717) is 6.54 Å². The van der Waals surface area contributed by atoms with Gasteiger partial charge in [-0.3, -0.25) is 4.79 Å². The van der Waals surface area contributed by atoms with E-state index in [4.69, 9.17) is 0 Å². The molecule has 112 valence electrons. The van der Waals surface area contributed by atoms with Crippen LogP contribution < -0.4 is 15.8 Å². The molecule has 0 aliphatic heterocycles. The van der Waals surface area contributed by atoms with Crippen LogP contribution in [0.5, 0.6) is 0 Å². The third-order valence-electron chi connectivity index (χ3n) is 3.79. The van der Waals surface area contributed by atoms with Crippen molar-refractivity contribution in [1.82, 2.24) is 15.1 Å². The van der Waals surface area contributed by atoms with E-state index in [1.165, 1.54) is 12.8 Å². The molecule has 0 aromatic carbocycles. The third kappa shape index (κ3) is 4.34. The molecule has 0 bridgehead atoms. The average molecular weight is 278 g/mol. The van der Waals surface area contributed by atoms with Gasteiger partial charge in [0.25, 0.3) is 5.56 Å². The topological polar surface area (TPSA) is 50.2 Å². The SMILES string of the molecule is CCN(CC)c1cnn(CCCCNC2CC2)c(=O)c1. The summed E-state index contributed by atoms with van der Waals surface area (Å²) in [7, 11) is 0. The molecule has 1 aliphatic rings. The van der Waals surface area contributed by atoms with Crippen molar-refractivity contribution in [2.75, 3.05) is 24.5 Å². The molecule has 5 heteroatoms. The lowest BCUT2D eigenvalue weighted by atomic mass is 10.3. The van der Waals surface area contributed by atoms with Gasteiger partial charge in [-0.05, 0) is 46.1 Å². The molecule has 1 aliphatic carbocycles. The van der Waals surface area contributed by atoms with Crippen molar-refractivity contribution in [2.24, 2.45) is 0 Å². The normalized spacial score (nSPS) is 14.5. The molecule has 0 spiro atoms. The van der Waals surface area contributed by atoms with E-state index < -0.39 is 0 Å². The molecule has 20 heavy (non-hydrogen) atoms. The Bertz CT molecular complexity index is 463. The maximum absolute atomic E-state index is 12.0. The molecule has 1 saturated carbocycles. The van der Waals surface area contributed by atoms with E-state index in [2.05, 4.69) is 29.2 Å². The van der Waals surface area contributed by atoms with Crippen molar-refractivity contribution in [3.63, 3.8) is 0 Å². The number of nitrogens with one attached hydrogen (secondary N) is 1. The van der Waals surface area contributed by atoms with Gasteiger partial charge in [0.15, 0.2) is 0 Å². The molecular formula is C15H26N4O. The summed E-state index contributed by atoms with van der Waals surface area (Å²) in [6.45, 7) is 7.73. The third-order valence-corrected chi connectivity index (χ3v) is 3.79. The minimum absolute atomic E-state index is 0.00421. The summed E-state index contributed by atoms with van der Waals surface area (Å²) in [4.78, 5) is 14.2. The molecule has 1 fully saturated rings. The molecule has 0 radical (unpaired) electrons. The Hall–Kier alpha value is -1.36. The second-order valence-corrected chi connectivity index (χ2v) is 5.38. The highest BCUT2D eigenvalue weighted by atomic mass is 16.1. The maximum Gasteiger partial charge on any atom is 0.268 e. The lowest BCUT2D eigenvalue weighted by molar-refractivity contribution is 0.514. The average Bonchev–Trinajstić information content (AvgIpc) is 3.26. The van der Waals surface area contributed by atoms with Crippen LogP contribution in [0.4, 0.5) is 5.69 Å². The number of hydrogen-bond donors (Lipinski definition) is 1. The lowest BCUT2D eigenvalue weighted by Crippen LogP contribution is -2.28. The van der Waals surface area contributed by atoms with E-state index in [1.807, 2.05) is 0 Å². The van der Waals surface area contributed by atoms with Gasteiger partial charge in [0.1, 0.15) is 0 Å². The smallest absolute Gasteiger partial charge is 0.268 e. The standard InChI is InChI=1S/C15H26N4O/c1-3-18(4-2)14-11-15(20)19(17-12-14)10-6-5-9-16-13-7-8-13/h11-13,16H,3-10H2,1-2H3. The maximum atomic E-state index is 12.0. The first-order chi connectivity index (χ1) is 9.74. The molecule has 5 nitrogen and oxygen atoms in total. The van der Waals surface area contributed by atoms with Crippen molar-refractivity contribution in [1.29, 1.82) is 0 Å². The fraction of sp³-hybridized carbons (Fsp3) is 0.733.